The van der Waals surface area contributed by atoms with Gasteiger partial charge in [0.2, 0.25) is 0 Å². The summed E-state index contributed by atoms with van der Waals surface area (Å²) in [4.78, 5) is 2.42. The van der Waals surface area contributed by atoms with Crippen molar-refractivity contribution in [2.24, 2.45) is 0 Å². The molecule has 3 nitrogen and oxygen atoms in total. The molecule has 0 saturated carbocycles. The third-order valence-corrected chi connectivity index (χ3v) is 16.8. The largest absolute Gasteiger partial charge is 0.457 e. The Morgan fingerprint density at radius 3 is 0.909 bits per heavy atom. The highest BCUT2D eigenvalue weighted by Gasteiger charge is 2.52. The first kappa shape index (κ1) is 43.4. The summed E-state index contributed by atoms with van der Waals surface area (Å²) < 4.78 is 13.4. The average Bonchev–Trinajstić information content (AvgIpc) is 3.99. The number of anilines is 3. The molecule has 77 heavy (non-hydrogen) atoms. The Bertz CT molecular complexity index is 4050. The zero-order chi connectivity index (χ0) is 50.7. The number of nitrogens with zero attached hydrogens (tertiary/aromatic N) is 1. The Balaban J connectivity index is 0.861. The molecule has 0 N–H and O–H groups in total. The number of hydrogen-bond acceptors (Lipinski definition) is 3. The van der Waals surface area contributed by atoms with E-state index in [0.29, 0.717) is 0 Å². The molecule has 16 rings (SSSR count). The number of ether oxygens (including phenoxy) is 2. The summed E-state index contributed by atoms with van der Waals surface area (Å²) in [6.07, 6.45) is 0. The van der Waals surface area contributed by atoms with Crippen molar-refractivity contribution in [1.82, 2.24) is 0 Å². The summed E-state index contributed by atoms with van der Waals surface area (Å²) in [7, 11) is 0. The highest BCUT2D eigenvalue weighted by Crippen LogP contribution is 2.64. The molecule has 0 aromatic heterocycles. The topological polar surface area (TPSA) is 21.7 Å². The van der Waals surface area contributed by atoms with Gasteiger partial charge in [0.15, 0.2) is 0 Å². The molecular formula is C74H47NO2. The van der Waals surface area contributed by atoms with Crippen LogP contribution in [0.5, 0.6) is 23.0 Å². The molecule has 0 bridgehead atoms. The van der Waals surface area contributed by atoms with E-state index in [2.05, 4.69) is 290 Å². The normalized spacial score (nSPS) is 13.9. The SMILES string of the molecule is c1ccc(-c2cccc(N(c3cccc(-c4ccc5c(c4)C4(c6ccccc6Oc6ccccc64)c4ccccc4-5)c3)c3cccc(-c4ccc5c(c4)C4(c6ccccc6Oc6ccccc64)c4ccccc4-5)c3)c2)cc1. The lowest BCUT2D eigenvalue weighted by Crippen LogP contribution is -2.32. The van der Waals surface area contributed by atoms with Crippen LogP contribution < -0.4 is 14.4 Å². The van der Waals surface area contributed by atoms with Crippen LogP contribution in [-0.4, -0.2) is 0 Å². The molecule has 3 heteroatoms. The van der Waals surface area contributed by atoms with Crippen LogP contribution in [0.1, 0.15) is 44.5 Å². The van der Waals surface area contributed by atoms with Crippen LogP contribution in [0.4, 0.5) is 17.1 Å². The Morgan fingerprint density at radius 1 is 0.208 bits per heavy atom. The maximum absolute atomic E-state index is 6.68. The third-order valence-electron chi connectivity index (χ3n) is 16.8. The second-order valence-corrected chi connectivity index (χ2v) is 20.7. The minimum absolute atomic E-state index is 0.563. The molecule has 2 aliphatic heterocycles. The predicted octanol–water partition coefficient (Wildman–Crippen LogP) is 19.1. The van der Waals surface area contributed by atoms with Crippen LogP contribution in [0, 0.1) is 0 Å². The smallest absolute Gasteiger partial charge is 0.132 e. The molecule has 2 spiro atoms. The van der Waals surface area contributed by atoms with Crippen molar-refractivity contribution in [3.63, 3.8) is 0 Å². The minimum atomic E-state index is -0.563. The zero-order valence-corrected chi connectivity index (χ0v) is 41.9. The molecule has 0 radical (unpaired) electrons. The van der Waals surface area contributed by atoms with E-state index in [1.807, 2.05) is 0 Å². The van der Waals surface area contributed by atoms with E-state index in [1.54, 1.807) is 0 Å². The summed E-state index contributed by atoms with van der Waals surface area (Å²) >= 11 is 0. The van der Waals surface area contributed by atoms with Gasteiger partial charge in [-0.3, -0.25) is 0 Å². The van der Waals surface area contributed by atoms with E-state index in [4.69, 9.17) is 9.47 Å². The Hall–Kier alpha value is -9.96. The van der Waals surface area contributed by atoms with Crippen molar-refractivity contribution < 1.29 is 9.47 Å². The Labute approximate surface area is 448 Å². The van der Waals surface area contributed by atoms with Crippen LogP contribution in [0.25, 0.3) is 55.6 Å². The molecule has 0 saturated heterocycles. The van der Waals surface area contributed by atoms with Crippen molar-refractivity contribution in [1.29, 1.82) is 0 Å². The molecule has 0 unspecified atom stereocenters. The van der Waals surface area contributed by atoms with Gasteiger partial charge in [0.25, 0.3) is 0 Å². The first-order valence-electron chi connectivity index (χ1n) is 26.6. The fraction of sp³-hybridized carbons (Fsp3) is 0.0270. The van der Waals surface area contributed by atoms with Crippen LogP contribution in [-0.2, 0) is 10.8 Å². The van der Waals surface area contributed by atoms with Gasteiger partial charge in [-0.05, 0) is 151 Å². The summed E-state index contributed by atoms with van der Waals surface area (Å²) in [5.74, 6) is 3.56. The number of para-hydroxylation sites is 4. The third kappa shape index (κ3) is 6.26. The standard InChI is InChI=1S/C74H47NO2/c1-2-19-48(20-3-1)49-21-16-24-54(43-49)75(55-25-17-22-50(44-55)52-39-41-59-57-27-4-6-29-61(57)73(67(59)46-52)63-31-8-12-35-69(63)76-70-36-13-9-32-64(70)73)56-26-18-23-51(45-56)53-40-42-60-58-28-5-7-30-62(58)74(68(60)47-53)65-33-10-14-37-71(65)77-72-38-15-11-34-66(72)74/h1-47H. The highest BCUT2D eigenvalue weighted by atomic mass is 16.5. The molecule has 12 aromatic carbocycles. The molecule has 2 heterocycles. The van der Waals surface area contributed by atoms with Gasteiger partial charge in [-0.25, -0.2) is 0 Å². The van der Waals surface area contributed by atoms with E-state index < -0.39 is 10.8 Å². The second kappa shape index (κ2) is 16.8. The predicted molar refractivity (Wildman–Crippen MR) is 312 cm³/mol. The van der Waals surface area contributed by atoms with Crippen LogP contribution in [0.2, 0.25) is 0 Å². The Kier molecular flexibility index (Phi) is 9.47. The first-order valence-corrected chi connectivity index (χ1v) is 26.6. The van der Waals surface area contributed by atoms with Crippen molar-refractivity contribution in [2.45, 2.75) is 10.8 Å². The molecule has 0 fully saturated rings. The summed E-state index contributed by atoms with van der Waals surface area (Å²) in [5, 5.41) is 0. The highest BCUT2D eigenvalue weighted by molar-refractivity contribution is 5.93. The van der Waals surface area contributed by atoms with Gasteiger partial charge in [0, 0.05) is 39.3 Å². The quantitative estimate of drug-likeness (QED) is 0.166. The van der Waals surface area contributed by atoms with Gasteiger partial charge < -0.3 is 14.4 Å². The van der Waals surface area contributed by atoms with Gasteiger partial charge in [0.05, 0.1) is 10.8 Å². The molecular weight excluding hydrogens is 935 g/mol. The zero-order valence-electron chi connectivity index (χ0n) is 41.9. The van der Waals surface area contributed by atoms with Gasteiger partial charge in [-0.1, -0.05) is 212 Å². The molecule has 12 aromatic rings. The fourth-order valence-electron chi connectivity index (χ4n) is 13.6. The van der Waals surface area contributed by atoms with E-state index >= 15 is 0 Å². The van der Waals surface area contributed by atoms with Crippen molar-refractivity contribution in [3.8, 4) is 78.6 Å². The fourth-order valence-corrected chi connectivity index (χ4v) is 13.6. The van der Waals surface area contributed by atoms with Crippen molar-refractivity contribution >= 4 is 17.1 Å². The molecule has 2 aliphatic carbocycles. The summed E-state index contributed by atoms with van der Waals surface area (Å²) in [5.41, 5.74) is 23.6. The lowest BCUT2D eigenvalue weighted by Gasteiger charge is -2.39. The first-order chi connectivity index (χ1) is 38.2. The van der Waals surface area contributed by atoms with Gasteiger partial charge in [0.1, 0.15) is 23.0 Å². The maximum Gasteiger partial charge on any atom is 0.132 e. The lowest BCUT2D eigenvalue weighted by atomic mass is 9.66. The van der Waals surface area contributed by atoms with Gasteiger partial charge >= 0.3 is 0 Å². The second-order valence-electron chi connectivity index (χ2n) is 20.7. The van der Waals surface area contributed by atoms with E-state index in [0.717, 1.165) is 90.1 Å². The molecule has 4 aliphatic rings. The number of rotatable bonds is 6. The van der Waals surface area contributed by atoms with Crippen LogP contribution in [0.15, 0.2) is 285 Å². The number of fused-ring (bicyclic) bond motifs is 18. The van der Waals surface area contributed by atoms with Gasteiger partial charge in [-0.2, -0.15) is 0 Å². The van der Waals surface area contributed by atoms with Crippen LogP contribution in [0.3, 0.4) is 0 Å². The summed E-state index contributed by atoms with van der Waals surface area (Å²) in [6, 6.07) is 104. The average molecular weight is 982 g/mol. The molecule has 0 atom stereocenters. The van der Waals surface area contributed by atoms with E-state index in [-0.39, 0.29) is 0 Å². The lowest BCUT2D eigenvalue weighted by molar-refractivity contribution is 0.436. The summed E-state index contributed by atoms with van der Waals surface area (Å²) in [6.45, 7) is 0. The monoisotopic (exact) mass is 981 g/mol. The van der Waals surface area contributed by atoms with Crippen molar-refractivity contribution in [2.75, 3.05) is 4.90 Å². The number of hydrogen-bond donors (Lipinski definition) is 0. The maximum atomic E-state index is 6.68. The van der Waals surface area contributed by atoms with Gasteiger partial charge in [-0.15, -0.1) is 0 Å². The van der Waals surface area contributed by atoms with Crippen molar-refractivity contribution in [3.05, 3.63) is 330 Å². The number of benzene rings is 12. The molecule has 360 valence electrons. The molecule has 0 amide bonds. The minimum Gasteiger partial charge on any atom is -0.457 e. The van der Waals surface area contributed by atoms with E-state index in [1.165, 1.54) is 50.1 Å². The van der Waals surface area contributed by atoms with Crippen LogP contribution >= 0.6 is 0 Å². The Morgan fingerprint density at radius 2 is 0.506 bits per heavy atom. The van der Waals surface area contributed by atoms with E-state index in [9.17, 15) is 0 Å².